The molecule has 116 valence electrons. The number of hydrazine groups is 1. The number of nitrogens with zero attached hydrogens (tertiary/aromatic N) is 3. The van der Waals surface area contributed by atoms with E-state index >= 15 is 0 Å². The van der Waals surface area contributed by atoms with Gasteiger partial charge >= 0.3 is 0 Å². The normalized spacial score (nSPS) is 10.3. The molecule has 0 saturated heterocycles. The molecule has 2 heterocycles. The van der Waals surface area contributed by atoms with Gasteiger partial charge in [-0.2, -0.15) is 0 Å². The number of hydrogen-bond donors (Lipinski definition) is 3. The highest BCUT2D eigenvalue weighted by Crippen LogP contribution is 2.23. The predicted octanol–water partition coefficient (Wildman–Crippen LogP) is 2.26. The van der Waals surface area contributed by atoms with Crippen molar-refractivity contribution in [2.45, 2.75) is 6.92 Å². The van der Waals surface area contributed by atoms with Gasteiger partial charge in [-0.1, -0.05) is 6.07 Å². The van der Waals surface area contributed by atoms with Gasteiger partial charge in [-0.25, -0.2) is 20.8 Å². The van der Waals surface area contributed by atoms with Crippen molar-refractivity contribution in [3.8, 4) is 10.7 Å². The molecule has 1 aromatic carbocycles. The van der Waals surface area contributed by atoms with Crippen LogP contribution in [0.2, 0.25) is 0 Å². The van der Waals surface area contributed by atoms with E-state index in [-0.39, 0.29) is 5.91 Å². The Bertz CT molecular complexity index is 834. The molecule has 0 atom stereocenters. The zero-order valence-corrected chi connectivity index (χ0v) is 13.1. The first-order valence-corrected chi connectivity index (χ1v) is 7.67. The Balaban J connectivity index is 1.90. The molecule has 1 amide bonds. The van der Waals surface area contributed by atoms with E-state index in [1.54, 1.807) is 30.6 Å². The van der Waals surface area contributed by atoms with Gasteiger partial charge in [0, 0.05) is 29.0 Å². The molecule has 0 unspecified atom stereocenters. The smallest absolute Gasteiger partial charge is 0.265 e. The second-order valence-electron chi connectivity index (χ2n) is 4.73. The summed E-state index contributed by atoms with van der Waals surface area (Å²) in [6.45, 7) is 1.93. The van der Waals surface area contributed by atoms with E-state index in [4.69, 9.17) is 5.84 Å². The molecule has 0 aliphatic carbocycles. The van der Waals surface area contributed by atoms with Gasteiger partial charge in [0.1, 0.15) is 10.7 Å². The fraction of sp³-hybridized carbons (Fsp3) is 0.0667. The molecule has 0 spiro atoms. The van der Waals surface area contributed by atoms with Crippen molar-refractivity contribution in [1.29, 1.82) is 0 Å². The van der Waals surface area contributed by atoms with Crippen molar-refractivity contribution in [2.75, 3.05) is 5.32 Å². The molecular weight excluding hydrogens is 312 g/mol. The summed E-state index contributed by atoms with van der Waals surface area (Å²) in [7, 11) is 0. The van der Waals surface area contributed by atoms with Crippen LogP contribution in [0.15, 0.2) is 42.0 Å². The molecule has 0 fully saturated rings. The highest BCUT2D eigenvalue weighted by molar-refractivity contribution is 7.13. The number of nitrogen functional groups attached to an aromatic ring is 1. The molecule has 4 N–H and O–H groups in total. The summed E-state index contributed by atoms with van der Waals surface area (Å²) in [6, 6.07) is 7.04. The van der Waals surface area contributed by atoms with E-state index in [2.05, 4.69) is 25.7 Å². The van der Waals surface area contributed by atoms with Gasteiger partial charge in [0.25, 0.3) is 5.91 Å². The van der Waals surface area contributed by atoms with Gasteiger partial charge in [0.2, 0.25) is 5.95 Å². The van der Waals surface area contributed by atoms with Gasteiger partial charge in [-0.15, -0.1) is 11.3 Å². The van der Waals surface area contributed by atoms with E-state index in [0.29, 0.717) is 11.5 Å². The molecule has 7 nitrogen and oxygen atoms in total. The molecule has 3 aromatic rings. The van der Waals surface area contributed by atoms with Crippen molar-refractivity contribution in [3.05, 3.63) is 53.2 Å². The number of hydrogen-bond acceptors (Lipinski definition) is 7. The Hall–Kier alpha value is -2.84. The number of nitrogens with two attached hydrogens (primary N) is 1. The number of thiazole rings is 1. The van der Waals surface area contributed by atoms with E-state index in [1.807, 2.05) is 18.4 Å². The zero-order chi connectivity index (χ0) is 16.2. The molecular formula is C15H14N6OS. The SMILES string of the molecule is Cc1ccc(C(=O)NN)cc1Nc1nccc(-c2nccs2)n1. The van der Waals surface area contributed by atoms with Crippen LogP contribution in [0.1, 0.15) is 15.9 Å². The average molecular weight is 326 g/mol. The second-order valence-corrected chi connectivity index (χ2v) is 5.63. The maximum absolute atomic E-state index is 11.6. The summed E-state index contributed by atoms with van der Waals surface area (Å²) in [5, 5.41) is 5.84. The number of benzene rings is 1. The number of aromatic nitrogens is 3. The van der Waals surface area contributed by atoms with E-state index in [9.17, 15) is 4.79 Å². The summed E-state index contributed by atoms with van der Waals surface area (Å²) in [4.78, 5) is 24.5. The van der Waals surface area contributed by atoms with Crippen LogP contribution in [0.4, 0.5) is 11.6 Å². The summed E-state index contributed by atoms with van der Waals surface area (Å²) in [5.41, 5.74) is 5.01. The average Bonchev–Trinajstić information content (AvgIpc) is 3.11. The van der Waals surface area contributed by atoms with Gasteiger partial charge in [-0.05, 0) is 30.7 Å². The highest BCUT2D eigenvalue weighted by atomic mass is 32.1. The van der Waals surface area contributed by atoms with Crippen LogP contribution >= 0.6 is 11.3 Å². The Morgan fingerprint density at radius 1 is 1.22 bits per heavy atom. The lowest BCUT2D eigenvalue weighted by atomic mass is 10.1. The Morgan fingerprint density at radius 3 is 2.83 bits per heavy atom. The van der Waals surface area contributed by atoms with Crippen molar-refractivity contribution in [1.82, 2.24) is 20.4 Å². The number of aryl methyl sites for hydroxylation is 1. The largest absolute Gasteiger partial charge is 0.324 e. The summed E-state index contributed by atoms with van der Waals surface area (Å²) < 4.78 is 0. The molecule has 0 saturated carbocycles. The van der Waals surface area contributed by atoms with Crippen molar-refractivity contribution in [3.63, 3.8) is 0 Å². The number of nitrogens with one attached hydrogen (secondary N) is 2. The van der Waals surface area contributed by atoms with Crippen LogP contribution in [0.5, 0.6) is 0 Å². The third-order valence-corrected chi connectivity index (χ3v) is 3.98. The number of rotatable bonds is 4. The molecule has 0 aliphatic rings. The van der Waals surface area contributed by atoms with Gasteiger partial charge in [0.05, 0.1) is 0 Å². The minimum absolute atomic E-state index is 0.356. The third-order valence-electron chi connectivity index (χ3n) is 3.18. The van der Waals surface area contributed by atoms with Crippen LogP contribution in [-0.2, 0) is 0 Å². The number of carbonyl (C=O) groups is 1. The summed E-state index contributed by atoms with van der Waals surface area (Å²) in [6.07, 6.45) is 3.39. The highest BCUT2D eigenvalue weighted by Gasteiger charge is 2.09. The predicted molar refractivity (Wildman–Crippen MR) is 89.3 cm³/mol. The number of carbonyl (C=O) groups excluding carboxylic acids is 1. The monoisotopic (exact) mass is 326 g/mol. The van der Waals surface area contributed by atoms with Crippen LogP contribution in [0.3, 0.4) is 0 Å². The van der Waals surface area contributed by atoms with E-state index in [1.165, 1.54) is 11.3 Å². The van der Waals surface area contributed by atoms with E-state index < -0.39 is 0 Å². The molecule has 2 aromatic heterocycles. The van der Waals surface area contributed by atoms with Crippen LogP contribution < -0.4 is 16.6 Å². The number of amides is 1. The molecule has 0 radical (unpaired) electrons. The Morgan fingerprint density at radius 2 is 2.09 bits per heavy atom. The first kappa shape index (κ1) is 15.1. The third kappa shape index (κ3) is 3.33. The second kappa shape index (κ2) is 6.51. The topological polar surface area (TPSA) is 106 Å². The number of anilines is 2. The molecule has 0 bridgehead atoms. The Labute approximate surface area is 136 Å². The minimum Gasteiger partial charge on any atom is -0.324 e. The standard InChI is InChI=1S/C15H14N6OS/c1-9-2-3-10(13(22)21-16)8-12(9)20-15-18-5-4-11(19-15)14-17-6-7-23-14/h2-8H,16H2,1H3,(H,21,22)(H,18,19,20). The maximum Gasteiger partial charge on any atom is 0.265 e. The molecule has 3 rings (SSSR count). The van der Waals surface area contributed by atoms with Gasteiger partial charge in [0.15, 0.2) is 0 Å². The van der Waals surface area contributed by atoms with Gasteiger partial charge in [-0.3, -0.25) is 10.2 Å². The molecule has 23 heavy (non-hydrogen) atoms. The van der Waals surface area contributed by atoms with Crippen molar-refractivity contribution >= 4 is 28.9 Å². The molecule has 0 aliphatic heterocycles. The van der Waals surface area contributed by atoms with Gasteiger partial charge < -0.3 is 5.32 Å². The summed E-state index contributed by atoms with van der Waals surface area (Å²) in [5.74, 6) is 5.25. The minimum atomic E-state index is -0.356. The van der Waals surface area contributed by atoms with Crippen LogP contribution in [0.25, 0.3) is 10.7 Å². The quantitative estimate of drug-likeness (QED) is 0.386. The van der Waals surface area contributed by atoms with Crippen LogP contribution in [0, 0.1) is 6.92 Å². The fourth-order valence-corrected chi connectivity index (χ4v) is 2.60. The van der Waals surface area contributed by atoms with Crippen molar-refractivity contribution in [2.24, 2.45) is 5.84 Å². The Kier molecular flexibility index (Phi) is 4.26. The lowest BCUT2D eigenvalue weighted by Crippen LogP contribution is -2.30. The van der Waals surface area contributed by atoms with E-state index in [0.717, 1.165) is 22.0 Å². The zero-order valence-electron chi connectivity index (χ0n) is 12.3. The maximum atomic E-state index is 11.6. The first-order chi connectivity index (χ1) is 11.2. The first-order valence-electron chi connectivity index (χ1n) is 6.79. The summed E-state index contributed by atoms with van der Waals surface area (Å²) >= 11 is 1.51. The van der Waals surface area contributed by atoms with Crippen molar-refractivity contribution < 1.29 is 4.79 Å². The fourth-order valence-electron chi connectivity index (χ4n) is 1.99. The lowest BCUT2D eigenvalue weighted by Gasteiger charge is -2.10. The molecule has 8 heteroatoms. The lowest BCUT2D eigenvalue weighted by molar-refractivity contribution is 0.0953. The van der Waals surface area contributed by atoms with Crippen LogP contribution in [-0.4, -0.2) is 20.9 Å².